The Bertz CT molecular complexity index is 331. The average molecular weight is 225 g/mol. The molecule has 0 saturated carbocycles. The summed E-state index contributed by atoms with van der Waals surface area (Å²) in [6.45, 7) is 1.70. The van der Waals surface area contributed by atoms with E-state index in [-0.39, 0.29) is 18.2 Å². The molecule has 1 heterocycles. The van der Waals surface area contributed by atoms with E-state index in [1.165, 1.54) is 19.3 Å². The zero-order valence-electron chi connectivity index (χ0n) is 9.00. The third-order valence-electron chi connectivity index (χ3n) is 2.03. The number of aliphatic hydroxyl groups excluding tert-OH is 2. The summed E-state index contributed by atoms with van der Waals surface area (Å²) in [5.41, 5.74) is 0. The molecule has 0 aromatic carbocycles. The van der Waals surface area contributed by atoms with Crippen LogP contribution in [0.15, 0.2) is 18.5 Å². The third kappa shape index (κ3) is 3.92. The Morgan fingerprint density at radius 2 is 2.06 bits per heavy atom. The van der Waals surface area contributed by atoms with Gasteiger partial charge in [0.05, 0.1) is 6.10 Å². The van der Waals surface area contributed by atoms with E-state index in [9.17, 15) is 15.0 Å². The van der Waals surface area contributed by atoms with E-state index in [4.69, 9.17) is 0 Å². The number of hydrogen-bond acceptors (Lipinski definition) is 5. The molecule has 0 fully saturated rings. The molecule has 0 saturated heterocycles. The van der Waals surface area contributed by atoms with Crippen LogP contribution in [0.25, 0.3) is 0 Å². The Hall–Kier alpha value is -1.53. The molecule has 0 aliphatic carbocycles. The van der Waals surface area contributed by atoms with Crippen LogP contribution < -0.4 is 5.32 Å². The molecular formula is C10H15N3O3. The molecule has 6 heteroatoms. The number of rotatable bonds is 5. The Morgan fingerprint density at radius 3 is 2.62 bits per heavy atom. The topological polar surface area (TPSA) is 95.3 Å². The molecule has 16 heavy (non-hydrogen) atoms. The van der Waals surface area contributed by atoms with E-state index < -0.39 is 12.2 Å². The second-order valence-electron chi connectivity index (χ2n) is 3.39. The van der Waals surface area contributed by atoms with E-state index in [0.717, 1.165) is 0 Å². The van der Waals surface area contributed by atoms with Gasteiger partial charge >= 0.3 is 0 Å². The predicted molar refractivity (Wildman–Crippen MR) is 56.3 cm³/mol. The first kappa shape index (κ1) is 12.5. The second kappa shape index (κ2) is 6.14. The van der Waals surface area contributed by atoms with Crippen molar-refractivity contribution in [1.29, 1.82) is 0 Å². The van der Waals surface area contributed by atoms with Gasteiger partial charge in [0.1, 0.15) is 6.10 Å². The first-order valence-electron chi connectivity index (χ1n) is 4.98. The van der Waals surface area contributed by atoms with Crippen molar-refractivity contribution in [2.45, 2.75) is 25.6 Å². The highest BCUT2D eigenvalue weighted by molar-refractivity contribution is 5.72. The highest BCUT2D eigenvalue weighted by Gasteiger charge is 2.20. The fraction of sp³-hybridized carbons (Fsp3) is 0.500. The van der Waals surface area contributed by atoms with Gasteiger partial charge in [0.15, 0.2) is 5.82 Å². The summed E-state index contributed by atoms with van der Waals surface area (Å²) in [6.07, 6.45) is 1.11. The summed E-state index contributed by atoms with van der Waals surface area (Å²) < 4.78 is 0. The monoisotopic (exact) mass is 225 g/mol. The lowest BCUT2D eigenvalue weighted by atomic mass is 10.1. The minimum absolute atomic E-state index is 0.169. The molecule has 0 radical (unpaired) electrons. The van der Waals surface area contributed by atoms with Crippen molar-refractivity contribution in [3.63, 3.8) is 0 Å². The molecule has 2 atom stereocenters. The molecular weight excluding hydrogens is 210 g/mol. The molecule has 1 amide bonds. The van der Waals surface area contributed by atoms with Gasteiger partial charge in [-0.3, -0.25) is 4.79 Å². The molecule has 0 aliphatic rings. The Morgan fingerprint density at radius 1 is 1.44 bits per heavy atom. The summed E-state index contributed by atoms with van der Waals surface area (Å²) in [5.74, 6) is 0.00970. The van der Waals surface area contributed by atoms with Gasteiger partial charge in [-0.25, -0.2) is 9.97 Å². The highest BCUT2D eigenvalue weighted by Crippen LogP contribution is 2.13. The Labute approximate surface area is 93.4 Å². The second-order valence-corrected chi connectivity index (χ2v) is 3.39. The summed E-state index contributed by atoms with van der Waals surface area (Å²) >= 11 is 0. The lowest BCUT2D eigenvalue weighted by molar-refractivity contribution is -0.119. The molecule has 0 bridgehead atoms. The lowest BCUT2D eigenvalue weighted by Gasteiger charge is -2.16. The molecule has 1 rings (SSSR count). The minimum atomic E-state index is -1.13. The van der Waals surface area contributed by atoms with Crippen molar-refractivity contribution in [1.82, 2.24) is 15.3 Å². The Kier molecular flexibility index (Phi) is 4.81. The maximum Gasteiger partial charge on any atom is 0.216 e. The van der Waals surface area contributed by atoms with Crippen LogP contribution in [0, 0.1) is 0 Å². The maximum atomic E-state index is 10.6. The van der Waals surface area contributed by atoms with Crippen LogP contribution in [0.3, 0.4) is 0 Å². The van der Waals surface area contributed by atoms with Crippen LogP contribution >= 0.6 is 0 Å². The van der Waals surface area contributed by atoms with Crippen LogP contribution in [0.4, 0.5) is 0 Å². The van der Waals surface area contributed by atoms with Gasteiger partial charge in [-0.05, 0) is 12.5 Å². The van der Waals surface area contributed by atoms with Gasteiger partial charge < -0.3 is 15.5 Å². The normalized spacial score (nSPS) is 14.2. The van der Waals surface area contributed by atoms with Crippen molar-refractivity contribution in [3.8, 4) is 0 Å². The fourth-order valence-electron chi connectivity index (χ4n) is 1.19. The van der Waals surface area contributed by atoms with E-state index in [2.05, 4.69) is 15.3 Å². The van der Waals surface area contributed by atoms with Gasteiger partial charge in [-0.1, -0.05) is 0 Å². The number of nitrogens with zero attached hydrogens (tertiary/aromatic N) is 2. The highest BCUT2D eigenvalue weighted by atomic mass is 16.3. The van der Waals surface area contributed by atoms with E-state index in [0.29, 0.717) is 6.54 Å². The molecule has 1 aromatic heterocycles. The maximum absolute atomic E-state index is 10.6. The molecule has 2 unspecified atom stereocenters. The van der Waals surface area contributed by atoms with Crippen molar-refractivity contribution in [2.24, 2.45) is 0 Å². The Balaban J connectivity index is 2.42. The van der Waals surface area contributed by atoms with Crippen molar-refractivity contribution >= 4 is 5.91 Å². The number of nitrogens with one attached hydrogen (secondary N) is 1. The number of amides is 1. The first-order chi connectivity index (χ1) is 7.61. The fourth-order valence-corrected chi connectivity index (χ4v) is 1.19. The van der Waals surface area contributed by atoms with Gasteiger partial charge in [0.2, 0.25) is 5.91 Å². The quantitative estimate of drug-likeness (QED) is 0.621. The summed E-state index contributed by atoms with van der Waals surface area (Å²) in [4.78, 5) is 18.3. The van der Waals surface area contributed by atoms with Crippen molar-refractivity contribution < 1.29 is 15.0 Å². The van der Waals surface area contributed by atoms with Gasteiger partial charge in [-0.15, -0.1) is 0 Å². The molecule has 0 aliphatic heterocycles. The molecule has 6 nitrogen and oxygen atoms in total. The number of carbonyl (C=O) groups is 1. The zero-order chi connectivity index (χ0) is 12.0. The molecule has 3 N–H and O–H groups in total. The minimum Gasteiger partial charge on any atom is -0.390 e. The number of aromatic nitrogens is 2. The third-order valence-corrected chi connectivity index (χ3v) is 2.03. The van der Waals surface area contributed by atoms with Gasteiger partial charge in [-0.2, -0.15) is 0 Å². The predicted octanol–water partition coefficient (Wildman–Crippen LogP) is -0.603. The molecule has 0 spiro atoms. The smallest absolute Gasteiger partial charge is 0.216 e. The first-order valence-corrected chi connectivity index (χ1v) is 4.98. The number of carbonyl (C=O) groups excluding carboxylic acids is 1. The van der Waals surface area contributed by atoms with Crippen molar-refractivity contribution in [3.05, 3.63) is 24.3 Å². The van der Waals surface area contributed by atoms with E-state index >= 15 is 0 Å². The summed E-state index contributed by atoms with van der Waals surface area (Å²) in [6, 6.07) is 1.62. The van der Waals surface area contributed by atoms with Crippen molar-refractivity contribution in [2.75, 3.05) is 6.54 Å². The van der Waals surface area contributed by atoms with E-state index in [1.54, 1.807) is 6.07 Å². The largest absolute Gasteiger partial charge is 0.390 e. The average Bonchev–Trinajstić information content (AvgIpc) is 2.28. The summed E-state index contributed by atoms with van der Waals surface area (Å²) in [7, 11) is 0. The number of hydrogen-bond donors (Lipinski definition) is 3. The van der Waals surface area contributed by atoms with Crippen LogP contribution in [0.1, 0.15) is 25.3 Å². The lowest BCUT2D eigenvalue weighted by Crippen LogP contribution is -2.28. The van der Waals surface area contributed by atoms with Crippen LogP contribution in [-0.4, -0.2) is 38.7 Å². The van der Waals surface area contributed by atoms with E-state index in [1.807, 2.05) is 0 Å². The number of aliphatic hydroxyl groups is 2. The SMILES string of the molecule is CC(=O)NCCC(O)C(O)c1ncccn1. The van der Waals surface area contributed by atoms with Crippen LogP contribution in [0.2, 0.25) is 0 Å². The van der Waals surface area contributed by atoms with Gasteiger partial charge in [0.25, 0.3) is 0 Å². The van der Waals surface area contributed by atoms with Crippen LogP contribution in [0.5, 0.6) is 0 Å². The zero-order valence-corrected chi connectivity index (χ0v) is 9.00. The standard InChI is InChI=1S/C10H15N3O3/c1-7(14)11-6-3-8(15)9(16)10-12-4-2-5-13-10/h2,4-5,8-9,15-16H,3,6H2,1H3,(H,11,14). The van der Waals surface area contributed by atoms with Crippen LogP contribution in [-0.2, 0) is 4.79 Å². The molecule has 88 valence electrons. The summed E-state index contributed by atoms with van der Waals surface area (Å²) in [5, 5.41) is 21.8. The van der Waals surface area contributed by atoms with Gasteiger partial charge in [0, 0.05) is 25.9 Å². The molecule has 1 aromatic rings.